The van der Waals surface area contributed by atoms with Gasteiger partial charge in [0.25, 0.3) is 0 Å². The molecule has 0 bridgehead atoms. The fraction of sp³-hybridized carbons (Fsp3) is 0.381. The van der Waals surface area contributed by atoms with Crippen molar-refractivity contribution in [2.75, 3.05) is 26.8 Å². The number of fused-ring (bicyclic) bond motifs is 1. The predicted octanol–water partition coefficient (Wildman–Crippen LogP) is 3.35. The van der Waals surface area contributed by atoms with Crippen LogP contribution in [0.2, 0.25) is 0 Å². The van der Waals surface area contributed by atoms with E-state index >= 15 is 0 Å². The molecule has 162 valence electrons. The Bertz CT molecular complexity index is 1010. The number of carbonyl (C=O) groups excluding carboxylic acids is 1. The van der Waals surface area contributed by atoms with E-state index < -0.39 is 10.0 Å². The molecule has 0 radical (unpaired) electrons. The van der Waals surface area contributed by atoms with Gasteiger partial charge in [-0.05, 0) is 47.9 Å². The van der Waals surface area contributed by atoms with E-state index in [1.807, 2.05) is 32.0 Å². The molecule has 7 nitrogen and oxygen atoms in total. The summed E-state index contributed by atoms with van der Waals surface area (Å²) in [6.45, 7) is 4.68. The van der Waals surface area contributed by atoms with Crippen LogP contribution in [0.3, 0.4) is 0 Å². The number of hydrogen-bond acceptors (Lipinski definition) is 5. The van der Waals surface area contributed by atoms with Crippen molar-refractivity contribution in [3.8, 4) is 11.5 Å². The van der Waals surface area contributed by atoms with Crippen molar-refractivity contribution in [3.63, 3.8) is 0 Å². The number of likely N-dealkylation sites (N-methyl/N-ethyl adjacent to an activating group) is 1. The summed E-state index contributed by atoms with van der Waals surface area (Å²) in [6.07, 6.45) is 0. The molecule has 2 aromatic rings. The smallest absolute Gasteiger partial charge is 0.243 e. The number of amides is 1. The topological polar surface area (TPSA) is 84.9 Å². The first-order valence-corrected chi connectivity index (χ1v) is 11.8. The molecule has 1 heterocycles. The zero-order valence-corrected chi connectivity index (χ0v) is 19.5. The second-order valence-electron chi connectivity index (χ2n) is 7.41. The van der Waals surface area contributed by atoms with Crippen LogP contribution in [0.15, 0.2) is 51.8 Å². The molecule has 1 aliphatic heterocycles. The molecule has 0 saturated heterocycles. The third kappa shape index (κ3) is 5.14. The molecular formula is C21H25BrN2O5S. The first-order valence-electron chi connectivity index (χ1n) is 9.59. The van der Waals surface area contributed by atoms with Gasteiger partial charge in [0.2, 0.25) is 15.9 Å². The van der Waals surface area contributed by atoms with Crippen LogP contribution in [-0.4, -0.2) is 45.4 Å². The Morgan fingerprint density at radius 3 is 2.37 bits per heavy atom. The van der Waals surface area contributed by atoms with Crippen molar-refractivity contribution in [2.45, 2.75) is 24.8 Å². The van der Waals surface area contributed by atoms with Crippen LogP contribution in [0.25, 0.3) is 0 Å². The number of rotatable bonds is 7. The maximum Gasteiger partial charge on any atom is 0.243 e. The fourth-order valence-electron chi connectivity index (χ4n) is 3.18. The molecule has 0 spiro atoms. The molecule has 1 atom stereocenters. The Kier molecular flexibility index (Phi) is 7.05. The predicted molar refractivity (Wildman–Crippen MR) is 117 cm³/mol. The quantitative estimate of drug-likeness (QED) is 0.635. The highest BCUT2D eigenvalue weighted by Crippen LogP contribution is 2.34. The van der Waals surface area contributed by atoms with Crippen molar-refractivity contribution in [1.29, 1.82) is 0 Å². The van der Waals surface area contributed by atoms with Crippen LogP contribution < -0.4 is 14.8 Å². The molecule has 30 heavy (non-hydrogen) atoms. The lowest BCUT2D eigenvalue weighted by atomic mass is 9.95. The molecule has 1 N–H and O–H groups in total. The van der Waals surface area contributed by atoms with Gasteiger partial charge in [-0.1, -0.05) is 35.8 Å². The summed E-state index contributed by atoms with van der Waals surface area (Å²) in [6, 6.07) is 11.6. The first-order chi connectivity index (χ1) is 14.2. The van der Waals surface area contributed by atoms with Crippen molar-refractivity contribution in [3.05, 3.63) is 52.5 Å². The van der Waals surface area contributed by atoms with Crippen LogP contribution in [0.1, 0.15) is 25.5 Å². The average molecular weight is 497 g/mol. The lowest BCUT2D eigenvalue weighted by molar-refractivity contribution is -0.122. The molecule has 0 aliphatic carbocycles. The van der Waals surface area contributed by atoms with Gasteiger partial charge in [-0.25, -0.2) is 8.42 Å². The highest BCUT2D eigenvalue weighted by molar-refractivity contribution is 9.10. The van der Waals surface area contributed by atoms with Gasteiger partial charge in [-0.2, -0.15) is 4.31 Å². The summed E-state index contributed by atoms with van der Waals surface area (Å²) in [5.74, 6) is 1.03. The summed E-state index contributed by atoms with van der Waals surface area (Å²) in [7, 11) is -2.37. The van der Waals surface area contributed by atoms with Crippen molar-refractivity contribution >= 4 is 31.9 Å². The Hall–Kier alpha value is -2.10. The molecule has 1 unspecified atom stereocenters. The second-order valence-corrected chi connectivity index (χ2v) is 10.4. The Balaban J connectivity index is 1.72. The summed E-state index contributed by atoms with van der Waals surface area (Å²) in [5.41, 5.74) is 0.876. The van der Waals surface area contributed by atoms with Gasteiger partial charge in [0.05, 0.1) is 17.5 Å². The van der Waals surface area contributed by atoms with Gasteiger partial charge >= 0.3 is 0 Å². The third-order valence-electron chi connectivity index (χ3n) is 4.80. The van der Waals surface area contributed by atoms with Gasteiger partial charge in [0.15, 0.2) is 11.5 Å². The van der Waals surface area contributed by atoms with E-state index in [4.69, 9.17) is 9.47 Å². The van der Waals surface area contributed by atoms with Crippen LogP contribution in [-0.2, 0) is 14.8 Å². The van der Waals surface area contributed by atoms with Gasteiger partial charge in [-0.3, -0.25) is 4.79 Å². The van der Waals surface area contributed by atoms with Crippen molar-refractivity contribution in [1.82, 2.24) is 9.62 Å². The standard InChI is InChI=1S/C21H25BrN2O5S/c1-14(2)21(15-4-9-18-19(12-15)29-11-10-28-18)23-20(25)13-24(3)30(26,27)17-7-5-16(22)6-8-17/h4-9,12,14,21H,10-11,13H2,1-3H3,(H,23,25). The summed E-state index contributed by atoms with van der Waals surface area (Å²) in [5, 5.41) is 2.95. The largest absolute Gasteiger partial charge is 0.486 e. The van der Waals surface area contributed by atoms with Crippen LogP contribution >= 0.6 is 15.9 Å². The number of nitrogens with one attached hydrogen (secondary N) is 1. The molecule has 0 fully saturated rings. The van der Waals surface area contributed by atoms with Gasteiger partial charge in [0.1, 0.15) is 13.2 Å². The maximum absolute atomic E-state index is 12.7. The first kappa shape index (κ1) is 22.6. The number of benzene rings is 2. The zero-order valence-electron chi connectivity index (χ0n) is 17.1. The van der Waals surface area contributed by atoms with Crippen molar-refractivity contribution in [2.24, 2.45) is 5.92 Å². The molecule has 1 aliphatic rings. The number of halogens is 1. The minimum atomic E-state index is -3.77. The minimum absolute atomic E-state index is 0.0879. The van der Waals surface area contributed by atoms with Crippen molar-refractivity contribution < 1.29 is 22.7 Å². The molecule has 3 rings (SSSR count). The zero-order chi connectivity index (χ0) is 21.9. The van der Waals surface area contributed by atoms with Crippen LogP contribution in [0.4, 0.5) is 0 Å². The Morgan fingerprint density at radius 1 is 1.10 bits per heavy atom. The van der Waals surface area contributed by atoms with E-state index in [1.165, 1.54) is 19.2 Å². The normalized spacial score (nSPS) is 14.6. The molecular weight excluding hydrogens is 472 g/mol. The number of carbonyl (C=O) groups is 1. The van der Waals surface area contributed by atoms with E-state index in [-0.39, 0.29) is 29.3 Å². The van der Waals surface area contributed by atoms with Crippen LogP contribution in [0, 0.1) is 5.92 Å². The maximum atomic E-state index is 12.7. The minimum Gasteiger partial charge on any atom is -0.486 e. The molecule has 1 amide bonds. The van der Waals surface area contributed by atoms with E-state index in [0.717, 1.165) is 14.3 Å². The third-order valence-corrected chi connectivity index (χ3v) is 7.14. The van der Waals surface area contributed by atoms with Gasteiger partial charge in [-0.15, -0.1) is 0 Å². The lowest BCUT2D eigenvalue weighted by Crippen LogP contribution is -2.41. The van der Waals surface area contributed by atoms with E-state index in [9.17, 15) is 13.2 Å². The number of nitrogens with zero attached hydrogens (tertiary/aromatic N) is 1. The van der Waals surface area contributed by atoms with E-state index in [1.54, 1.807) is 12.1 Å². The average Bonchev–Trinajstić information content (AvgIpc) is 2.71. The van der Waals surface area contributed by atoms with E-state index in [0.29, 0.717) is 24.7 Å². The van der Waals surface area contributed by atoms with Gasteiger partial charge in [0, 0.05) is 11.5 Å². The highest BCUT2D eigenvalue weighted by atomic mass is 79.9. The van der Waals surface area contributed by atoms with Crippen LogP contribution in [0.5, 0.6) is 11.5 Å². The molecule has 0 saturated carbocycles. The summed E-state index contributed by atoms with van der Waals surface area (Å²) < 4.78 is 38.5. The Labute approximate surface area is 185 Å². The number of ether oxygens (including phenoxy) is 2. The molecule has 0 aromatic heterocycles. The lowest BCUT2D eigenvalue weighted by Gasteiger charge is -2.26. The highest BCUT2D eigenvalue weighted by Gasteiger charge is 2.26. The summed E-state index contributed by atoms with van der Waals surface area (Å²) >= 11 is 3.29. The molecule has 9 heteroatoms. The number of hydrogen-bond donors (Lipinski definition) is 1. The number of sulfonamides is 1. The second kappa shape index (κ2) is 9.36. The monoisotopic (exact) mass is 496 g/mol. The summed E-state index contributed by atoms with van der Waals surface area (Å²) in [4.78, 5) is 12.8. The SMILES string of the molecule is CC(C)C(NC(=O)CN(C)S(=O)(=O)c1ccc(Br)cc1)c1ccc2c(c1)OCCO2. The molecule has 2 aromatic carbocycles. The Morgan fingerprint density at radius 2 is 1.73 bits per heavy atom. The van der Waals surface area contributed by atoms with E-state index in [2.05, 4.69) is 21.2 Å². The fourth-order valence-corrected chi connectivity index (χ4v) is 4.57. The van der Waals surface area contributed by atoms with Gasteiger partial charge < -0.3 is 14.8 Å².